The number of rotatable bonds is 5. The number of nitrogens with zero attached hydrogens (tertiary/aromatic N) is 4. The molecule has 0 radical (unpaired) electrons. The molecule has 0 bridgehead atoms. The summed E-state index contributed by atoms with van der Waals surface area (Å²) in [5.41, 5.74) is 4.69. The van der Waals surface area contributed by atoms with Crippen molar-refractivity contribution in [2.45, 2.75) is 25.9 Å². The van der Waals surface area contributed by atoms with Crippen molar-refractivity contribution < 1.29 is 4.79 Å². The molecule has 29 heavy (non-hydrogen) atoms. The Balaban J connectivity index is 1.60. The van der Waals surface area contributed by atoms with E-state index in [0.717, 1.165) is 22.4 Å². The minimum absolute atomic E-state index is 0.0324. The molecule has 0 aliphatic rings. The van der Waals surface area contributed by atoms with Gasteiger partial charge in [-0.05, 0) is 55.7 Å². The molecule has 2 heterocycles. The molecule has 0 saturated heterocycles. The minimum atomic E-state index is -0.255. The fraction of sp³-hybridized carbons (Fsp3) is 0.182. The highest BCUT2D eigenvalue weighted by molar-refractivity contribution is 7.99. The van der Waals surface area contributed by atoms with Gasteiger partial charge in [0.2, 0.25) is 5.65 Å². The average molecular weight is 404 g/mol. The van der Waals surface area contributed by atoms with E-state index in [1.54, 1.807) is 16.8 Å². The molecule has 146 valence electrons. The van der Waals surface area contributed by atoms with Gasteiger partial charge in [0.1, 0.15) is 0 Å². The van der Waals surface area contributed by atoms with E-state index in [4.69, 9.17) is 0 Å². The Labute approximate surface area is 172 Å². The number of fused-ring (bicyclic) bond motifs is 1. The summed E-state index contributed by atoms with van der Waals surface area (Å²) in [6.45, 7) is 5.99. The molecule has 7 heteroatoms. The van der Waals surface area contributed by atoms with E-state index in [1.165, 1.54) is 21.9 Å². The molecule has 4 rings (SSSR count). The van der Waals surface area contributed by atoms with Gasteiger partial charge in [-0.2, -0.15) is 0 Å². The molecule has 0 atom stereocenters. The second kappa shape index (κ2) is 7.67. The Bertz CT molecular complexity index is 1280. The van der Waals surface area contributed by atoms with Gasteiger partial charge < -0.3 is 0 Å². The summed E-state index contributed by atoms with van der Waals surface area (Å²) in [5.74, 6) is 0.260. The molecule has 2 aromatic heterocycles. The molecular formula is C22H20N4O2S. The smallest absolute Gasteiger partial charge is 0.293 e. The number of hydrogen-bond donors (Lipinski definition) is 0. The fourth-order valence-electron chi connectivity index (χ4n) is 3.23. The summed E-state index contributed by atoms with van der Waals surface area (Å²) >= 11 is 1.28. The van der Waals surface area contributed by atoms with Gasteiger partial charge in [0.25, 0.3) is 0 Å². The van der Waals surface area contributed by atoms with E-state index in [-0.39, 0.29) is 22.7 Å². The van der Waals surface area contributed by atoms with E-state index in [9.17, 15) is 9.59 Å². The molecule has 6 nitrogen and oxygen atoms in total. The molecule has 4 aromatic rings. The Kier molecular flexibility index (Phi) is 5.07. The lowest BCUT2D eigenvalue weighted by Crippen LogP contribution is -2.20. The molecule has 0 spiro atoms. The highest BCUT2D eigenvalue weighted by Crippen LogP contribution is 2.21. The number of para-hydroxylation sites is 1. The van der Waals surface area contributed by atoms with E-state index in [0.29, 0.717) is 5.16 Å². The highest BCUT2D eigenvalue weighted by Gasteiger charge is 2.16. The van der Waals surface area contributed by atoms with Crippen LogP contribution in [0, 0.1) is 20.8 Å². The average Bonchev–Trinajstić information content (AvgIpc) is 3.14. The normalized spacial score (nSPS) is 11.1. The van der Waals surface area contributed by atoms with Gasteiger partial charge in [-0.15, -0.1) is 10.2 Å². The van der Waals surface area contributed by atoms with Crippen LogP contribution < -0.4 is 5.56 Å². The van der Waals surface area contributed by atoms with Crippen molar-refractivity contribution in [1.29, 1.82) is 0 Å². The predicted octanol–water partition coefficient (Wildman–Crippen LogP) is 3.78. The molecule has 0 N–H and O–H groups in total. The highest BCUT2D eigenvalue weighted by atomic mass is 32.2. The zero-order chi connectivity index (χ0) is 20.5. The Morgan fingerprint density at radius 1 is 0.966 bits per heavy atom. The van der Waals surface area contributed by atoms with Gasteiger partial charge in [0.15, 0.2) is 10.9 Å². The SMILES string of the molecule is Cc1cc(C)c(C(=O)CSc2nnc3c(=O)n(-c4ccccc4)ccn23)cc1C. The molecule has 0 aliphatic carbocycles. The van der Waals surface area contributed by atoms with Crippen LogP contribution in [-0.2, 0) is 0 Å². The van der Waals surface area contributed by atoms with E-state index in [2.05, 4.69) is 10.2 Å². The number of carbonyl (C=O) groups excluding carboxylic acids is 1. The first kappa shape index (κ1) is 19.1. The minimum Gasteiger partial charge on any atom is -0.293 e. The number of ketones is 1. The van der Waals surface area contributed by atoms with Crippen molar-refractivity contribution in [1.82, 2.24) is 19.2 Å². The van der Waals surface area contributed by atoms with Gasteiger partial charge >= 0.3 is 5.56 Å². The zero-order valence-corrected chi connectivity index (χ0v) is 17.2. The third kappa shape index (κ3) is 3.61. The molecule has 0 fully saturated rings. The van der Waals surface area contributed by atoms with E-state index in [1.807, 2.05) is 63.2 Å². The summed E-state index contributed by atoms with van der Waals surface area (Å²) in [6.07, 6.45) is 3.44. The molecule has 0 amide bonds. The van der Waals surface area contributed by atoms with Crippen molar-refractivity contribution in [2.75, 3.05) is 5.75 Å². The lowest BCUT2D eigenvalue weighted by molar-refractivity contribution is 0.102. The quantitative estimate of drug-likeness (QED) is 0.374. The molecule has 0 aliphatic heterocycles. The number of carbonyl (C=O) groups is 1. The largest absolute Gasteiger partial charge is 0.300 e. The first-order valence-corrected chi connectivity index (χ1v) is 10.2. The van der Waals surface area contributed by atoms with Gasteiger partial charge in [-0.25, -0.2) is 0 Å². The maximum Gasteiger partial charge on any atom is 0.300 e. The van der Waals surface area contributed by atoms with Crippen LogP contribution in [0.3, 0.4) is 0 Å². The number of thioether (sulfide) groups is 1. The third-order valence-corrected chi connectivity index (χ3v) is 5.89. The standard InChI is InChI=1S/C22H20N4O2S/c1-14-11-16(3)18(12-15(14)2)19(27)13-29-22-24-23-20-21(28)25(9-10-26(20)22)17-7-5-4-6-8-17/h4-12H,13H2,1-3H3. The lowest BCUT2D eigenvalue weighted by Gasteiger charge is -2.09. The van der Waals surface area contributed by atoms with Crippen LogP contribution >= 0.6 is 11.8 Å². The molecule has 0 saturated carbocycles. The summed E-state index contributed by atoms with van der Waals surface area (Å²) in [4.78, 5) is 25.5. The number of Topliss-reactive ketones (excluding diaryl/α,β-unsaturated/α-hetero) is 1. The van der Waals surface area contributed by atoms with Crippen molar-refractivity contribution in [3.05, 3.63) is 87.5 Å². The molecular weight excluding hydrogens is 384 g/mol. The zero-order valence-electron chi connectivity index (χ0n) is 16.4. The summed E-state index contributed by atoms with van der Waals surface area (Å²) < 4.78 is 3.16. The number of benzene rings is 2. The van der Waals surface area contributed by atoms with Gasteiger partial charge in [-0.3, -0.25) is 18.6 Å². The molecule has 2 aromatic carbocycles. The topological polar surface area (TPSA) is 69.3 Å². The van der Waals surface area contributed by atoms with Crippen molar-refractivity contribution >= 4 is 23.2 Å². The maximum absolute atomic E-state index is 12.8. The lowest BCUT2D eigenvalue weighted by atomic mass is 9.99. The third-order valence-electron chi connectivity index (χ3n) is 4.95. The maximum atomic E-state index is 12.8. The van der Waals surface area contributed by atoms with Crippen LogP contribution in [0.25, 0.3) is 11.3 Å². The first-order chi connectivity index (χ1) is 14.0. The number of aryl methyl sites for hydroxylation is 3. The van der Waals surface area contributed by atoms with Crippen LogP contribution in [-0.4, -0.2) is 30.7 Å². The van der Waals surface area contributed by atoms with Crippen LogP contribution in [0.4, 0.5) is 0 Å². The van der Waals surface area contributed by atoms with Crippen LogP contribution in [0.5, 0.6) is 0 Å². The van der Waals surface area contributed by atoms with Crippen LogP contribution in [0.1, 0.15) is 27.0 Å². The Morgan fingerprint density at radius 2 is 1.69 bits per heavy atom. The Hall–Kier alpha value is -3.19. The predicted molar refractivity (Wildman–Crippen MR) is 114 cm³/mol. The second-order valence-electron chi connectivity index (χ2n) is 6.95. The molecule has 0 unspecified atom stereocenters. The first-order valence-electron chi connectivity index (χ1n) is 9.21. The summed E-state index contributed by atoms with van der Waals surface area (Å²) in [7, 11) is 0. The van der Waals surface area contributed by atoms with E-state index >= 15 is 0 Å². The van der Waals surface area contributed by atoms with E-state index < -0.39 is 0 Å². The second-order valence-corrected chi connectivity index (χ2v) is 7.89. The van der Waals surface area contributed by atoms with Crippen molar-refractivity contribution in [3.8, 4) is 5.69 Å². The van der Waals surface area contributed by atoms with Crippen molar-refractivity contribution in [2.24, 2.45) is 0 Å². The number of hydrogen-bond acceptors (Lipinski definition) is 5. The fourth-order valence-corrected chi connectivity index (χ4v) is 4.03. The summed E-state index contributed by atoms with van der Waals surface area (Å²) in [6, 6.07) is 13.3. The Morgan fingerprint density at radius 3 is 2.45 bits per heavy atom. The monoisotopic (exact) mass is 404 g/mol. The number of aromatic nitrogens is 4. The van der Waals surface area contributed by atoms with Crippen LogP contribution in [0.2, 0.25) is 0 Å². The van der Waals surface area contributed by atoms with Gasteiger partial charge in [-0.1, -0.05) is 36.0 Å². The van der Waals surface area contributed by atoms with Crippen LogP contribution in [0.15, 0.2) is 64.8 Å². The van der Waals surface area contributed by atoms with Gasteiger partial charge in [0, 0.05) is 23.6 Å². The van der Waals surface area contributed by atoms with Crippen molar-refractivity contribution in [3.63, 3.8) is 0 Å². The summed E-state index contributed by atoms with van der Waals surface area (Å²) in [5, 5.41) is 8.69. The van der Waals surface area contributed by atoms with Gasteiger partial charge in [0.05, 0.1) is 5.75 Å².